The number of carbonyl (C=O) groups is 2. The minimum absolute atomic E-state index is 0.00536. The molecule has 0 aliphatic carbocycles. The lowest BCUT2D eigenvalue weighted by Gasteiger charge is -2.50. The Morgan fingerprint density at radius 1 is 0.897 bits per heavy atom. The molecule has 4 aliphatic heterocycles. The van der Waals surface area contributed by atoms with Gasteiger partial charge in [0.25, 0.3) is 0 Å². The third-order valence-electron chi connectivity index (χ3n) is 11.8. The Hall–Kier alpha value is -1.94. The number of nitrogens with zero attached hydrogens (tertiary/aromatic N) is 1. The second-order valence-electron chi connectivity index (χ2n) is 17.3. The van der Waals surface area contributed by atoms with Crippen LogP contribution in [0.2, 0.25) is 0 Å². The summed E-state index contributed by atoms with van der Waals surface area (Å²) in [5.41, 5.74) is -2.94. The van der Waals surface area contributed by atoms with Crippen LogP contribution in [0.3, 0.4) is 0 Å². The van der Waals surface area contributed by atoms with Gasteiger partial charge >= 0.3 is 5.97 Å². The van der Waals surface area contributed by atoms with Crippen LogP contribution in [-0.4, -0.2) is 179 Å². The van der Waals surface area contributed by atoms with Crippen LogP contribution in [0.15, 0.2) is 24.3 Å². The van der Waals surface area contributed by atoms with Crippen molar-refractivity contribution in [2.75, 3.05) is 27.8 Å². The van der Waals surface area contributed by atoms with Crippen LogP contribution < -0.4 is 0 Å². The van der Waals surface area contributed by atoms with Gasteiger partial charge in [-0.25, -0.2) is 0 Å². The van der Waals surface area contributed by atoms with E-state index in [1.54, 1.807) is 51.9 Å². The van der Waals surface area contributed by atoms with Crippen LogP contribution in [0.4, 0.5) is 0 Å². The zero-order valence-electron chi connectivity index (χ0n) is 35.4. The molecule has 0 amide bonds. The lowest BCUT2D eigenvalue weighted by molar-refractivity contribution is -0.344. The van der Waals surface area contributed by atoms with Crippen molar-refractivity contribution in [3.8, 4) is 0 Å². The first-order chi connectivity index (χ1) is 27.2. The van der Waals surface area contributed by atoms with Crippen LogP contribution in [0.1, 0.15) is 80.1 Å². The largest absolute Gasteiger partial charge is 0.462 e. The maximum Gasteiger partial charge on any atom is 0.308 e. The van der Waals surface area contributed by atoms with Crippen molar-refractivity contribution in [2.45, 2.75) is 183 Å². The number of aliphatic hydroxyl groups excluding tert-OH is 4. The Morgan fingerprint density at radius 3 is 2.21 bits per heavy atom. The molecule has 0 spiro atoms. The summed E-state index contributed by atoms with van der Waals surface area (Å²) in [6, 6.07) is -0.760. The highest BCUT2D eigenvalue weighted by Crippen LogP contribution is 2.37. The van der Waals surface area contributed by atoms with Crippen LogP contribution in [0, 0.1) is 11.8 Å². The number of likely N-dealkylation sites (N-methyl/N-ethyl adjacent to an activating group) is 1. The van der Waals surface area contributed by atoms with Gasteiger partial charge in [0, 0.05) is 32.8 Å². The van der Waals surface area contributed by atoms with Crippen molar-refractivity contribution in [3.63, 3.8) is 0 Å². The van der Waals surface area contributed by atoms with Gasteiger partial charge < -0.3 is 78.2 Å². The highest BCUT2D eigenvalue weighted by molar-refractivity contribution is 5.70. The highest BCUT2D eigenvalue weighted by Gasteiger charge is 2.52. The number of aliphatic hydroxyl groups is 6. The SMILES string of the molecule is CO[C@@H]1[C@H](O[C@H]2O[C@H](C)[C@@H](O[C@@H]3C[C@](C)(O)[C@H](O)[C@@H](C)O3)[C@@H](N(C)C)[C@H]2O)[C@@H](CC=O)C[C@@H](C)[C@@H](O[C@H]2C[C@](C)(O)[C@H](O)CO2)/C=C/C=C/C[C@H](C)OC(=O)C[C@@H]1O. The molecule has 0 aromatic carbocycles. The molecular formula is C41H69NO16. The molecule has 4 heterocycles. The minimum Gasteiger partial charge on any atom is -0.462 e. The average molecular weight is 832 g/mol. The number of aldehydes is 1. The van der Waals surface area contributed by atoms with E-state index in [0.29, 0.717) is 6.42 Å². The van der Waals surface area contributed by atoms with Crippen molar-refractivity contribution in [2.24, 2.45) is 11.8 Å². The Morgan fingerprint density at radius 2 is 1.59 bits per heavy atom. The molecule has 17 nitrogen and oxygen atoms in total. The molecule has 6 N–H and O–H groups in total. The summed E-state index contributed by atoms with van der Waals surface area (Å²) in [4.78, 5) is 27.2. The molecule has 17 heteroatoms. The Kier molecular flexibility index (Phi) is 17.8. The Labute approximate surface area is 342 Å². The van der Waals surface area contributed by atoms with Crippen LogP contribution in [0.5, 0.6) is 0 Å². The van der Waals surface area contributed by atoms with E-state index in [-0.39, 0.29) is 38.2 Å². The van der Waals surface area contributed by atoms with Crippen molar-refractivity contribution in [3.05, 3.63) is 24.3 Å². The van der Waals surface area contributed by atoms with Gasteiger partial charge in [0.2, 0.25) is 0 Å². The van der Waals surface area contributed by atoms with Gasteiger partial charge in [-0.15, -0.1) is 0 Å². The molecule has 3 saturated heterocycles. The van der Waals surface area contributed by atoms with Crippen molar-refractivity contribution in [1.82, 2.24) is 4.90 Å². The summed E-state index contributed by atoms with van der Waals surface area (Å²) in [5.74, 6) is -1.73. The zero-order valence-corrected chi connectivity index (χ0v) is 35.4. The van der Waals surface area contributed by atoms with Gasteiger partial charge in [-0.3, -0.25) is 4.79 Å². The molecular weight excluding hydrogens is 762 g/mol. The quantitative estimate of drug-likeness (QED) is 0.132. The fourth-order valence-electron chi connectivity index (χ4n) is 8.38. The predicted molar refractivity (Wildman–Crippen MR) is 207 cm³/mol. The van der Waals surface area contributed by atoms with Crippen LogP contribution in [-0.2, 0) is 47.5 Å². The summed E-state index contributed by atoms with van der Waals surface area (Å²) in [6.45, 7) is 9.89. The molecule has 4 rings (SSSR count). The van der Waals surface area contributed by atoms with E-state index < -0.39 is 122 Å². The van der Waals surface area contributed by atoms with Crippen LogP contribution >= 0.6 is 0 Å². The number of methoxy groups -OCH3 is 1. The molecule has 19 atom stereocenters. The molecule has 0 saturated carbocycles. The van der Waals surface area contributed by atoms with Crippen LogP contribution in [0.25, 0.3) is 0 Å². The molecule has 0 bridgehead atoms. The van der Waals surface area contributed by atoms with Gasteiger partial charge in [0.15, 0.2) is 18.9 Å². The van der Waals surface area contributed by atoms with Crippen molar-refractivity contribution >= 4 is 12.3 Å². The smallest absolute Gasteiger partial charge is 0.308 e. The van der Waals surface area contributed by atoms with Gasteiger partial charge in [-0.05, 0) is 67.0 Å². The average Bonchev–Trinajstić information content (AvgIpc) is 3.12. The van der Waals surface area contributed by atoms with Crippen molar-refractivity contribution in [1.29, 1.82) is 0 Å². The third kappa shape index (κ3) is 12.6. The summed E-state index contributed by atoms with van der Waals surface area (Å²) in [6.07, 6.45) is -6.00. The van der Waals surface area contributed by atoms with Gasteiger partial charge in [-0.1, -0.05) is 31.2 Å². The van der Waals surface area contributed by atoms with E-state index >= 15 is 0 Å². The summed E-state index contributed by atoms with van der Waals surface area (Å²) >= 11 is 0. The number of cyclic esters (lactones) is 1. The zero-order chi connectivity index (χ0) is 43.1. The molecule has 334 valence electrons. The lowest BCUT2D eigenvalue weighted by Crippen LogP contribution is -2.65. The van der Waals surface area contributed by atoms with Gasteiger partial charge in [0.05, 0.1) is 60.8 Å². The van der Waals surface area contributed by atoms with E-state index in [2.05, 4.69) is 0 Å². The first kappa shape index (κ1) is 48.7. The van der Waals surface area contributed by atoms with E-state index in [9.17, 15) is 40.2 Å². The van der Waals surface area contributed by atoms with E-state index in [1.807, 2.05) is 19.1 Å². The number of hydrogen-bond acceptors (Lipinski definition) is 17. The maximum atomic E-state index is 13.0. The minimum atomic E-state index is -1.49. The number of carbonyl (C=O) groups excluding carboxylic acids is 2. The fraction of sp³-hybridized carbons (Fsp3) is 0.854. The lowest BCUT2D eigenvalue weighted by atomic mass is 9.82. The molecule has 58 heavy (non-hydrogen) atoms. The monoisotopic (exact) mass is 831 g/mol. The van der Waals surface area contributed by atoms with E-state index in [1.165, 1.54) is 21.0 Å². The molecule has 0 aromatic rings. The fourth-order valence-corrected chi connectivity index (χ4v) is 8.38. The molecule has 0 unspecified atom stereocenters. The molecule has 3 fully saturated rings. The number of allylic oxidation sites excluding steroid dienone is 2. The normalized spacial score (nSPS) is 47.6. The maximum absolute atomic E-state index is 13.0. The first-order valence-corrected chi connectivity index (χ1v) is 20.4. The molecule has 0 radical (unpaired) electrons. The standard InChI is InChI=1S/C41H69NO16/c1-22-17-26(15-16-43)36(58-39-34(47)33(42(7)8)35(24(3)55-39)57-32-20-41(6,50)38(48)25(4)54-32)37(51-9)27(44)18-30(46)53-23(2)13-11-10-12-14-28(22)56-31-19-40(5,49)29(45)21-52-31/h10-12,14,16,22-29,31-39,44-45,47-50H,13,15,17-21H2,1-9H3/b11-10+,14-12+/t22-,23+,24-,25-,26+,27+,28+,29-,31+,32-,33+,34-,35-,36-,37+,38-,39-,40+,41+/m1/s1. The summed E-state index contributed by atoms with van der Waals surface area (Å²) in [7, 11) is 4.85. The summed E-state index contributed by atoms with van der Waals surface area (Å²) < 4.78 is 48.8. The van der Waals surface area contributed by atoms with Crippen molar-refractivity contribution < 1.29 is 78.1 Å². The van der Waals surface area contributed by atoms with Gasteiger partial charge in [-0.2, -0.15) is 0 Å². The Bertz CT molecular complexity index is 1360. The number of hydrogen-bond donors (Lipinski definition) is 6. The number of rotatable bonds is 10. The topological polar surface area (TPSA) is 233 Å². The van der Waals surface area contributed by atoms with Gasteiger partial charge in [0.1, 0.15) is 42.9 Å². The molecule has 0 aromatic heterocycles. The van der Waals surface area contributed by atoms with E-state index in [4.69, 9.17) is 37.9 Å². The number of ether oxygens (including phenoxy) is 8. The highest BCUT2D eigenvalue weighted by atomic mass is 16.7. The predicted octanol–water partition coefficient (Wildman–Crippen LogP) is 0.728. The first-order valence-electron chi connectivity index (χ1n) is 20.4. The second-order valence-corrected chi connectivity index (χ2v) is 17.3. The Balaban J connectivity index is 1.67. The summed E-state index contributed by atoms with van der Waals surface area (Å²) in [5, 5.41) is 66.0. The molecule has 4 aliphatic rings. The second kappa shape index (κ2) is 21.2. The van der Waals surface area contributed by atoms with E-state index in [0.717, 1.165) is 6.29 Å². The third-order valence-corrected chi connectivity index (χ3v) is 11.8. The number of esters is 1.